The van der Waals surface area contributed by atoms with Crippen LogP contribution < -0.4 is 21.1 Å². The van der Waals surface area contributed by atoms with Gasteiger partial charge in [0, 0.05) is 32.2 Å². The number of amides is 3. The molecule has 6 rings (SSSR count). The second-order valence-corrected chi connectivity index (χ2v) is 12.0. The Morgan fingerprint density at radius 2 is 1.84 bits per heavy atom. The number of anilines is 3. The Bertz CT molecular complexity index is 2060. The van der Waals surface area contributed by atoms with Crippen molar-refractivity contribution in [3.05, 3.63) is 68.5 Å². The first-order valence-corrected chi connectivity index (χ1v) is 16.0. The molecule has 3 aromatic heterocycles. The van der Waals surface area contributed by atoms with Crippen molar-refractivity contribution in [1.29, 1.82) is 0 Å². The summed E-state index contributed by atoms with van der Waals surface area (Å²) in [7, 11) is 0. The zero-order chi connectivity index (χ0) is 35.7. The van der Waals surface area contributed by atoms with E-state index in [0.29, 0.717) is 31.0 Å². The van der Waals surface area contributed by atoms with Gasteiger partial charge < -0.3 is 28.9 Å². The van der Waals surface area contributed by atoms with Gasteiger partial charge in [-0.05, 0) is 43.5 Å². The number of fused-ring (bicyclic) bond motifs is 1. The van der Waals surface area contributed by atoms with E-state index < -0.39 is 41.6 Å². The summed E-state index contributed by atoms with van der Waals surface area (Å²) < 4.78 is 52.5. The highest BCUT2D eigenvalue weighted by Gasteiger charge is 2.33. The first-order valence-electron chi connectivity index (χ1n) is 15.6. The van der Waals surface area contributed by atoms with Crippen LogP contribution in [0.15, 0.2) is 39.7 Å². The number of nitrogens with zero attached hydrogens (tertiary/aromatic N) is 7. The van der Waals surface area contributed by atoms with E-state index in [9.17, 15) is 32.3 Å². The molecule has 0 saturated carbocycles. The van der Waals surface area contributed by atoms with Gasteiger partial charge in [0.25, 0.3) is 5.56 Å². The SMILES string of the molecule is CCc1c(N2CCN(C(=O)C(=O)Nc3cc(C)no3)CC2)c(=O)n2nc(C3=CCOCC3)nc2n1CC(=O)Nc1ccc(C(F)(F)F)cc1Cl. The maximum atomic E-state index is 14.1. The van der Waals surface area contributed by atoms with Crippen molar-refractivity contribution >= 4 is 57.9 Å². The molecule has 0 aliphatic carbocycles. The summed E-state index contributed by atoms with van der Waals surface area (Å²) in [4.78, 5) is 60.8. The maximum Gasteiger partial charge on any atom is 0.416 e. The van der Waals surface area contributed by atoms with Crippen molar-refractivity contribution in [1.82, 2.24) is 29.2 Å². The summed E-state index contributed by atoms with van der Waals surface area (Å²) in [5.41, 5.74) is 0.464. The fourth-order valence-electron chi connectivity index (χ4n) is 5.79. The van der Waals surface area contributed by atoms with Crippen molar-refractivity contribution in [2.45, 2.75) is 39.4 Å². The molecule has 2 N–H and O–H groups in total. The summed E-state index contributed by atoms with van der Waals surface area (Å²) in [6, 6.07) is 4.07. The third-order valence-corrected chi connectivity index (χ3v) is 8.54. The third-order valence-electron chi connectivity index (χ3n) is 8.23. The van der Waals surface area contributed by atoms with Crippen LogP contribution in [0.2, 0.25) is 5.02 Å². The van der Waals surface area contributed by atoms with Gasteiger partial charge in [-0.2, -0.15) is 22.7 Å². The van der Waals surface area contributed by atoms with Gasteiger partial charge in [-0.3, -0.25) is 24.5 Å². The normalized spacial score (nSPS) is 15.3. The van der Waals surface area contributed by atoms with Gasteiger partial charge in [0.05, 0.1) is 40.9 Å². The van der Waals surface area contributed by atoms with Gasteiger partial charge in [0.15, 0.2) is 5.82 Å². The minimum absolute atomic E-state index is 0.0298. The van der Waals surface area contributed by atoms with Crippen LogP contribution in [0.3, 0.4) is 0 Å². The molecule has 2 aliphatic heterocycles. The summed E-state index contributed by atoms with van der Waals surface area (Å²) in [6.07, 6.45) is -2.03. The van der Waals surface area contributed by atoms with Gasteiger partial charge in [-0.15, -0.1) is 5.10 Å². The summed E-state index contributed by atoms with van der Waals surface area (Å²) >= 11 is 6.10. The highest BCUT2D eigenvalue weighted by molar-refractivity contribution is 6.39. The van der Waals surface area contributed by atoms with E-state index in [1.54, 1.807) is 18.7 Å². The molecular weight excluding hydrogens is 687 g/mol. The van der Waals surface area contributed by atoms with Gasteiger partial charge in [0.1, 0.15) is 12.2 Å². The third kappa shape index (κ3) is 7.07. The lowest BCUT2D eigenvalue weighted by Gasteiger charge is -2.36. The fourth-order valence-corrected chi connectivity index (χ4v) is 6.01. The zero-order valence-corrected chi connectivity index (χ0v) is 27.6. The fraction of sp³-hybridized carbons (Fsp3) is 0.387. The molecule has 0 spiro atoms. The highest BCUT2D eigenvalue weighted by atomic mass is 35.5. The number of aryl methyl sites for hydroxylation is 1. The van der Waals surface area contributed by atoms with E-state index in [1.165, 1.54) is 15.5 Å². The van der Waals surface area contributed by atoms with E-state index >= 15 is 0 Å². The van der Waals surface area contributed by atoms with Crippen molar-refractivity contribution < 1.29 is 36.8 Å². The second kappa shape index (κ2) is 13.9. The van der Waals surface area contributed by atoms with E-state index in [4.69, 9.17) is 20.9 Å². The summed E-state index contributed by atoms with van der Waals surface area (Å²) in [5, 5.41) is 12.8. The van der Waals surface area contributed by atoms with Crippen LogP contribution in [0.5, 0.6) is 0 Å². The lowest BCUT2D eigenvalue weighted by molar-refractivity contribution is -0.143. The second-order valence-electron chi connectivity index (χ2n) is 11.5. The molecule has 0 unspecified atom stereocenters. The number of halogens is 4. The predicted octanol–water partition coefficient (Wildman–Crippen LogP) is 3.15. The van der Waals surface area contributed by atoms with Gasteiger partial charge in [-0.25, -0.2) is 0 Å². The number of piperazine rings is 1. The van der Waals surface area contributed by atoms with Crippen molar-refractivity contribution in [2.24, 2.45) is 0 Å². The van der Waals surface area contributed by atoms with Crippen LogP contribution >= 0.6 is 11.6 Å². The molecule has 15 nitrogen and oxygen atoms in total. The molecule has 5 heterocycles. The molecule has 1 fully saturated rings. The topological polar surface area (TPSA) is 169 Å². The number of carbonyl (C=O) groups is 3. The molecule has 3 amide bonds. The average molecular weight is 718 g/mol. The van der Waals surface area contributed by atoms with Gasteiger partial charge in [-0.1, -0.05) is 29.8 Å². The largest absolute Gasteiger partial charge is 0.416 e. The van der Waals surface area contributed by atoms with Gasteiger partial charge >= 0.3 is 18.0 Å². The van der Waals surface area contributed by atoms with E-state index in [0.717, 1.165) is 28.3 Å². The Kier molecular flexibility index (Phi) is 9.66. The van der Waals surface area contributed by atoms with E-state index in [2.05, 4.69) is 25.9 Å². The van der Waals surface area contributed by atoms with Crippen molar-refractivity contribution in [3.63, 3.8) is 0 Å². The standard InChI is InChI=1S/C31H31ClF3N9O6/c1-3-22-25(41-8-10-42(11-9-41)29(48)27(46)37-24-14-17(2)40-50-24)28(47)44-30(38-26(39-44)18-6-12-49-13-7-18)43(22)16-23(45)36-21-5-4-19(15-20(21)32)31(33,34)35/h4-6,14-15H,3,7-13,16H2,1-2H3,(H,36,45)(H,37,46). The predicted molar refractivity (Wildman–Crippen MR) is 174 cm³/mol. The Morgan fingerprint density at radius 1 is 1.08 bits per heavy atom. The lowest BCUT2D eigenvalue weighted by Crippen LogP contribution is -2.53. The van der Waals surface area contributed by atoms with Crippen LogP contribution in [-0.4, -0.2) is 86.3 Å². The Labute approximate surface area is 286 Å². The smallest absolute Gasteiger partial charge is 0.377 e. The molecule has 264 valence electrons. The molecule has 0 radical (unpaired) electrons. The van der Waals surface area contributed by atoms with Gasteiger partial charge in [0.2, 0.25) is 17.6 Å². The van der Waals surface area contributed by atoms with Crippen LogP contribution in [0.4, 0.5) is 30.4 Å². The molecular formula is C31H31ClF3N9O6. The Hall–Kier alpha value is -5.23. The average Bonchev–Trinajstić information content (AvgIpc) is 3.73. The van der Waals surface area contributed by atoms with E-state index in [-0.39, 0.29) is 66.5 Å². The first-order chi connectivity index (χ1) is 23.8. The molecule has 0 atom stereocenters. The minimum Gasteiger partial charge on any atom is -0.377 e. The molecule has 19 heteroatoms. The first kappa shape index (κ1) is 34.6. The van der Waals surface area contributed by atoms with Crippen molar-refractivity contribution in [2.75, 3.05) is 54.9 Å². The Balaban J connectivity index is 1.30. The Morgan fingerprint density at radius 3 is 2.46 bits per heavy atom. The number of alkyl halides is 3. The summed E-state index contributed by atoms with van der Waals surface area (Å²) in [6.45, 7) is 4.40. The van der Waals surface area contributed by atoms with Crippen LogP contribution in [0, 0.1) is 6.92 Å². The molecule has 2 aliphatic rings. The number of hydrogen-bond donors (Lipinski definition) is 2. The minimum atomic E-state index is -4.62. The number of ether oxygens (including phenoxy) is 1. The number of carbonyl (C=O) groups excluding carboxylic acids is 3. The number of hydrogen-bond acceptors (Lipinski definition) is 10. The number of rotatable bonds is 7. The number of benzene rings is 1. The number of aromatic nitrogens is 5. The quantitative estimate of drug-likeness (QED) is 0.271. The molecule has 50 heavy (non-hydrogen) atoms. The van der Waals surface area contributed by atoms with E-state index in [1.807, 2.05) is 6.08 Å². The molecule has 4 aromatic rings. The van der Waals surface area contributed by atoms with Crippen LogP contribution in [0.25, 0.3) is 11.4 Å². The lowest BCUT2D eigenvalue weighted by atomic mass is 10.1. The maximum absolute atomic E-state index is 14.1. The molecule has 1 aromatic carbocycles. The van der Waals surface area contributed by atoms with Crippen LogP contribution in [-0.2, 0) is 38.3 Å². The molecule has 1 saturated heterocycles. The highest BCUT2D eigenvalue weighted by Crippen LogP contribution is 2.34. The zero-order valence-electron chi connectivity index (χ0n) is 26.8. The summed E-state index contributed by atoms with van der Waals surface area (Å²) in [5.74, 6) is -1.92. The number of nitrogens with one attached hydrogen (secondary N) is 2. The van der Waals surface area contributed by atoms with Crippen LogP contribution in [0.1, 0.15) is 36.1 Å². The monoisotopic (exact) mass is 717 g/mol. The van der Waals surface area contributed by atoms with Crippen molar-refractivity contribution in [3.8, 4) is 0 Å². The molecule has 0 bridgehead atoms.